The van der Waals surface area contributed by atoms with Crippen LogP contribution in [0.2, 0.25) is 0 Å². The van der Waals surface area contributed by atoms with Gasteiger partial charge in [0.05, 0.1) is 6.73 Å². The maximum Gasteiger partial charge on any atom is 0.222 e. The highest BCUT2D eigenvalue weighted by Gasteiger charge is 2.20. The molecule has 1 N–H and O–H groups in total. The molecule has 0 radical (unpaired) electrons. The van der Waals surface area contributed by atoms with E-state index in [-0.39, 0.29) is 12.6 Å². The summed E-state index contributed by atoms with van der Waals surface area (Å²) in [5, 5.41) is 8.88. The Hall–Kier alpha value is -0.610. The Kier molecular flexibility index (Phi) is 4.35. The van der Waals surface area contributed by atoms with Gasteiger partial charge in [0.15, 0.2) is 0 Å². The van der Waals surface area contributed by atoms with Crippen molar-refractivity contribution in [3.05, 3.63) is 0 Å². The summed E-state index contributed by atoms with van der Waals surface area (Å²) in [4.78, 5) is 15.5. The van der Waals surface area contributed by atoms with Crippen molar-refractivity contribution in [2.24, 2.45) is 5.92 Å². The normalized spacial score (nSPS) is 19.0. The van der Waals surface area contributed by atoms with Gasteiger partial charge in [0.1, 0.15) is 0 Å². The molecule has 4 nitrogen and oxygen atoms in total. The molecular formula is C10H20N2O2. The summed E-state index contributed by atoms with van der Waals surface area (Å²) in [5.74, 6) is 0.677. The number of carbonyl (C=O) groups is 1. The molecule has 0 unspecified atom stereocenters. The SMILES string of the molecule is CC(C)CC(=O)N1CCN(CO)CC1. The van der Waals surface area contributed by atoms with E-state index >= 15 is 0 Å². The maximum absolute atomic E-state index is 11.6. The standard InChI is InChI=1S/C10H20N2O2/c1-9(2)7-10(14)12-5-3-11(8-13)4-6-12/h9,13H,3-8H2,1-2H3. The van der Waals surface area contributed by atoms with Crippen molar-refractivity contribution >= 4 is 5.91 Å². The predicted molar refractivity (Wildman–Crippen MR) is 54.7 cm³/mol. The van der Waals surface area contributed by atoms with E-state index < -0.39 is 0 Å². The Morgan fingerprint density at radius 3 is 2.29 bits per heavy atom. The van der Waals surface area contributed by atoms with E-state index in [4.69, 9.17) is 5.11 Å². The average molecular weight is 200 g/mol. The van der Waals surface area contributed by atoms with Crippen LogP contribution in [0, 0.1) is 5.92 Å². The van der Waals surface area contributed by atoms with Crippen LogP contribution in [-0.2, 0) is 4.79 Å². The zero-order valence-corrected chi connectivity index (χ0v) is 9.07. The van der Waals surface area contributed by atoms with Crippen molar-refractivity contribution in [3.63, 3.8) is 0 Å². The fourth-order valence-corrected chi connectivity index (χ4v) is 1.62. The van der Waals surface area contributed by atoms with Crippen LogP contribution >= 0.6 is 0 Å². The van der Waals surface area contributed by atoms with Crippen LogP contribution in [-0.4, -0.2) is 53.7 Å². The molecule has 0 spiro atoms. The van der Waals surface area contributed by atoms with Crippen LogP contribution in [0.15, 0.2) is 0 Å². The Morgan fingerprint density at radius 1 is 1.29 bits per heavy atom. The lowest BCUT2D eigenvalue weighted by Crippen LogP contribution is -2.49. The fourth-order valence-electron chi connectivity index (χ4n) is 1.62. The van der Waals surface area contributed by atoms with Gasteiger partial charge < -0.3 is 10.0 Å². The van der Waals surface area contributed by atoms with E-state index in [1.54, 1.807) is 0 Å². The van der Waals surface area contributed by atoms with Gasteiger partial charge in [-0.3, -0.25) is 9.69 Å². The summed E-state index contributed by atoms with van der Waals surface area (Å²) in [6.45, 7) is 7.31. The fraction of sp³-hybridized carbons (Fsp3) is 0.900. The quantitative estimate of drug-likeness (QED) is 0.704. The van der Waals surface area contributed by atoms with Gasteiger partial charge in [-0.1, -0.05) is 13.8 Å². The van der Waals surface area contributed by atoms with Gasteiger partial charge in [-0.15, -0.1) is 0 Å². The van der Waals surface area contributed by atoms with Crippen LogP contribution in [0.1, 0.15) is 20.3 Å². The Labute approximate surface area is 85.5 Å². The van der Waals surface area contributed by atoms with Crippen molar-refractivity contribution < 1.29 is 9.90 Å². The van der Waals surface area contributed by atoms with E-state index in [2.05, 4.69) is 13.8 Å². The number of rotatable bonds is 3. The first-order valence-electron chi connectivity index (χ1n) is 5.24. The third-order valence-electron chi connectivity index (χ3n) is 2.51. The van der Waals surface area contributed by atoms with E-state index in [0.717, 1.165) is 26.2 Å². The number of carbonyl (C=O) groups excluding carboxylic acids is 1. The van der Waals surface area contributed by atoms with Gasteiger partial charge in [0, 0.05) is 32.6 Å². The molecule has 0 aromatic carbocycles. The lowest BCUT2D eigenvalue weighted by Gasteiger charge is -2.33. The topological polar surface area (TPSA) is 43.8 Å². The predicted octanol–water partition coefficient (Wildman–Crippen LogP) is 0.126. The molecule has 1 aliphatic rings. The number of aliphatic hydroxyl groups is 1. The lowest BCUT2D eigenvalue weighted by atomic mass is 10.1. The summed E-state index contributed by atoms with van der Waals surface area (Å²) >= 11 is 0. The number of amides is 1. The molecule has 4 heteroatoms. The zero-order valence-electron chi connectivity index (χ0n) is 9.07. The van der Waals surface area contributed by atoms with Gasteiger partial charge in [-0.05, 0) is 5.92 Å². The van der Waals surface area contributed by atoms with Crippen molar-refractivity contribution in [1.29, 1.82) is 0 Å². The van der Waals surface area contributed by atoms with Crippen LogP contribution < -0.4 is 0 Å². The van der Waals surface area contributed by atoms with Crippen molar-refractivity contribution in [2.45, 2.75) is 20.3 Å². The third-order valence-corrected chi connectivity index (χ3v) is 2.51. The van der Waals surface area contributed by atoms with Gasteiger partial charge in [0.2, 0.25) is 5.91 Å². The van der Waals surface area contributed by atoms with E-state index in [9.17, 15) is 4.79 Å². The third kappa shape index (κ3) is 3.27. The molecule has 1 rings (SSSR count). The summed E-state index contributed by atoms with van der Waals surface area (Å²) in [6, 6.07) is 0. The second kappa shape index (κ2) is 5.32. The zero-order chi connectivity index (χ0) is 10.6. The Morgan fingerprint density at radius 2 is 1.86 bits per heavy atom. The number of nitrogens with zero attached hydrogens (tertiary/aromatic N) is 2. The van der Waals surface area contributed by atoms with Crippen molar-refractivity contribution in [3.8, 4) is 0 Å². The molecule has 1 aliphatic heterocycles. The number of aliphatic hydroxyl groups excluding tert-OH is 1. The monoisotopic (exact) mass is 200 g/mol. The Bertz CT molecular complexity index is 187. The molecule has 1 amide bonds. The summed E-state index contributed by atoms with van der Waals surface area (Å²) < 4.78 is 0. The van der Waals surface area contributed by atoms with Gasteiger partial charge in [0.25, 0.3) is 0 Å². The van der Waals surface area contributed by atoms with Gasteiger partial charge in [-0.25, -0.2) is 0 Å². The molecule has 14 heavy (non-hydrogen) atoms. The second-order valence-corrected chi connectivity index (χ2v) is 4.24. The van der Waals surface area contributed by atoms with Crippen LogP contribution in [0.25, 0.3) is 0 Å². The highest BCUT2D eigenvalue weighted by molar-refractivity contribution is 5.76. The molecule has 0 aliphatic carbocycles. The molecule has 0 atom stereocenters. The number of hydrogen-bond donors (Lipinski definition) is 1. The molecule has 1 fully saturated rings. The minimum atomic E-state index is 0.103. The molecule has 1 saturated heterocycles. The minimum absolute atomic E-state index is 0.103. The first kappa shape index (κ1) is 11.5. The molecule has 82 valence electrons. The number of hydrogen-bond acceptors (Lipinski definition) is 3. The maximum atomic E-state index is 11.6. The molecule has 1 heterocycles. The van der Waals surface area contributed by atoms with Crippen LogP contribution in [0.3, 0.4) is 0 Å². The van der Waals surface area contributed by atoms with E-state index in [0.29, 0.717) is 12.3 Å². The Balaban J connectivity index is 2.30. The second-order valence-electron chi connectivity index (χ2n) is 4.24. The van der Waals surface area contributed by atoms with Crippen LogP contribution in [0.5, 0.6) is 0 Å². The first-order valence-corrected chi connectivity index (χ1v) is 5.24. The van der Waals surface area contributed by atoms with E-state index in [1.165, 1.54) is 0 Å². The highest BCUT2D eigenvalue weighted by atomic mass is 16.3. The summed E-state index contributed by atoms with van der Waals surface area (Å²) in [6.07, 6.45) is 0.638. The highest BCUT2D eigenvalue weighted by Crippen LogP contribution is 2.07. The smallest absolute Gasteiger partial charge is 0.222 e. The van der Waals surface area contributed by atoms with Crippen molar-refractivity contribution in [2.75, 3.05) is 32.9 Å². The van der Waals surface area contributed by atoms with Crippen molar-refractivity contribution in [1.82, 2.24) is 9.80 Å². The van der Waals surface area contributed by atoms with Gasteiger partial charge >= 0.3 is 0 Å². The van der Waals surface area contributed by atoms with Gasteiger partial charge in [-0.2, -0.15) is 0 Å². The summed E-state index contributed by atoms with van der Waals surface area (Å²) in [5.41, 5.74) is 0. The molecule has 0 aromatic rings. The first-order chi connectivity index (χ1) is 6.63. The molecule has 0 bridgehead atoms. The minimum Gasteiger partial charge on any atom is -0.381 e. The largest absolute Gasteiger partial charge is 0.381 e. The summed E-state index contributed by atoms with van der Waals surface area (Å²) in [7, 11) is 0. The van der Waals surface area contributed by atoms with Crippen LogP contribution in [0.4, 0.5) is 0 Å². The molecule has 0 saturated carbocycles. The molecular weight excluding hydrogens is 180 g/mol. The van der Waals surface area contributed by atoms with E-state index in [1.807, 2.05) is 9.80 Å². The lowest BCUT2D eigenvalue weighted by molar-refractivity contribution is -0.134. The number of piperazine rings is 1. The average Bonchev–Trinajstić information content (AvgIpc) is 2.17. The molecule has 0 aromatic heterocycles.